The minimum absolute atomic E-state index is 0.0887. The van der Waals surface area contributed by atoms with Gasteiger partial charge in [-0.3, -0.25) is 33.6 Å². The summed E-state index contributed by atoms with van der Waals surface area (Å²) in [6.07, 6.45) is -1.40. The summed E-state index contributed by atoms with van der Waals surface area (Å²) in [5.74, 6) is -9.04. The third-order valence-electron chi connectivity index (χ3n) is 12.3. The van der Waals surface area contributed by atoms with E-state index < -0.39 is 113 Å². The number of alkyl halides is 3. The molecule has 1 aromatic heterocycles. The van der Waals surface area contributed by atoms with E-state index in [0.29, 0.717) is 17.2 Å². The molecule has 8 amide bonds. The first kappa shape index (κ1) is 64.1. The number of benzene rings is 3. The van der Waals surface area contributed by atoms with Crippen LogP contribution in [0.4, 0.5) is 38.1 Å². The zero-order valence-electron chi connectivity index (χ0n) is 44.5. The van der Waals surface area contributed by atoms with Crippen molar-refractivity contribution < 1.29 is 75.3 Å². The number of nitrogens with two attached hydrogens (primary N) is 2. The van der Waals surface area contributed by atoms with Crippen LogP contribution in [0, 0.1) is 28.9 Å². The number of hydrogen-bond donors (Lipinski definition) is 8. The van der Waals surface area contributed by atoms with Gasteiger partial charge in [-0.2, -0.15) is 13.2 Å². The second-order valence-electron chi connectivity index (χ2n) is 19.9. The summed E-state index contributed by atoms with van der Waals surface area (Å²) in [6, 6.07) is 14.5. The van der Waals surface area contributed by atoms with Gasteiger partial charge in [-0.25, -0.2) is 28.3 Å². The van der Waals surface area contributed by atoms with Crippen LogP contribution in [-0.4, -0.2) is 122 Å². The van der Waals surface area contributed by atoms with Gasteiger partial charge >= 0.3 is 18.2 Å². The number of anilines is 2. The fourth-order valence-corrected chi connectivity index (χ4v) is 8.41. The molecule has 0 aliphatic carbocycles. The lowest BCUT2D eigenvalue weighted by Gasteiger charge is -2.40. The number of imide groups is 1. The second kappa shape index (κ2) is 29.0. The minimum atomic E-state index is -5.08. The summed E-state index contributed by atoms with van der Waals surface area (Å²) in [5, 5.41) is 27.9. The largest absolute Gasteiger partial charge is 0.490 e. The van der Waals surface area contributed by atoms with Crippen molar-refractivity contribution in [1.82, 2.24) is 30.4 Å². The van der Waals surface area contributed by atoms with Crippen molar-refractivity contribution in [2.24, 2.45) is 28.7 Å². The Morgan fingerprint density at radius 2 is 1.46 bits per heavy atom. The van der Waals surface area contributed by atoms with Crippen LogP contribution in [0.5, 0.6) is 0 Å². The number of aliphatic carboxylic acids is 1. The van der Waals surface area contributed by atoms with Crippen molar-refractivity contribution in [2.45, 2.75) is 97.6 Å². The standard InChI is InChI=1S/C52H64F2N10O9.C2HF3O2/c1-31(2)46(41(66)26-33(12-9-23-58-51(56)73)49(71)59-35-14-16-36(17-15-35)64-43(68)19-20-44(64)69)61-42(67)21-24-57-50(72)39(55)22-25-63(45(70)30-65)47(52(3,4)5)48-60-40(37-27-34(53)13-18-38(37)54)29-62(48)28-32-10-7-6-8-11-32;3-2(4,5)1(6)7/h6-8,10-11,13-20,27,29,31,33,39,46-47,65H,9,12,21-26,28,30,55H2,1-5H3,(H,57,72)(H,59,71)(H,61,67)(H3,56,58,73);(H,6,7)/t33-,39+,46+,47+;/m1./s1. The number of Topliss-reactive ketones (excluding diaryl/α,β-unsaturated/α-hetero) is 1. The lowest BCUT2D eigenvalue weighted by Crippen LogP contribution is -2.48. The smallest absolute Gasteiger partial charge is 0.475 e. The van der Waals surface area contributed by atoms with Gasteiger partial charge < -0.3 is 52.4 Å². The van der Waals surface area contributed by atoms with Crippen LogP contribution in [0.3, 0.4) is 0 Å². The Bertz CT molecular complexity index is 2870. The number of urea groups is 1. The molecule has 2 heterocycles. The molecule has 21 nitrogen and oxygen atoms in total. The molecule has 1 aliphatic heterocycles. The first-order chi connectivity index (χ1) is 37.5. The van der Waals surface area contributed by atoms with Gasteiger partial charge in [0.15, 0.2) is 5.78 Å². The van der Waals surface area contributed by atoms with E-state index in [1.165, 1.54) is 29.2 Å². The highest BCUT2D eigenvalue weighted by atomic mass is 19.4. The number of primary amides is 1. The molecule has 0 radical (unpaired) electrons. The number of nitrogens with one attached hydrogen (secondary N) is 4. The number of rotatable bonds is 25. The van der Waals surface area contributed by atoms with Gasteiger partial charge in [-0.05, 0) is 78.6 Å². The van der Waals surface area contributed by atoms with Gasteiger partial charge in [-0.15, -0.1) is 0 Å². The quantitative estimate of drug-likeness (QED) is 0.0250. The highest BCUT2D eigenvalue weighted by Crippen LogP contribution is 2.40. The first-order valence-corrected chi connectivity index (χ1v) is 25.1. The Labute approximate surface area is 457 Å². The number of aliphatic hydroxyl groups excluding tert-OH is 1. The fourth-order valence-electron chi connectivity index (χ4n) is 8.41. The number of imidazole rings is 1. The van der Waals surface area contributed by atoms with E-state index in [-0.39, 0.29) is 69.5 Å². The van der Waals surface area contributed by atoms with Crippen LogP contribution in [0.15, 0.2) is 91.1 Å². The van der Waals surface area contributed by atoms with Crippen molar-refractivity contribution in [1.29, 1.82) is 0 Å². The van der Waals surface area contributed by atoms with Crippen LogP contribution in [0.1, 0.15) is 84.2 Å². The number of amides is 8. The van der Waals surface area contributed by atoms with Crippen LogP contribution in [-0.2, 0) is 44.9 Å². The maximum Gasteiger partial charge on any atom is 0.490 e. The Kier molecular flexibility index (Phi) is 23.3. The number of hydrogen-bond acceptors (Lipinski definition) is 12. The monoisotopic (exact) mass is 1120 g/mol. The topological polar surface area (TPSA) is 319 Å². The molecule has 0 saturated carbocycles. The highest BCUT2D eigenvalue weighted by Gasteiger charge is 2.40. The predicted octanol–water partition coefficient (Wildman–Crippen LogP) is 4.87. The number of aromatic nitrogens is 2. The van der Waals surface area contributed by atoms with Gasteiger partial charge in [0.05, 0.1) is 29.5 Å². The number of nitrogens with zero attached hydrogens (tertiary/aromatic N) is 4. The van der Waals surface area contributed by atoms with E-state index in [9.17, 15) is 61.0 Å². The van der Waals surface area contributed by atoms with E-state index in [1.54, 1.807) is 24.6 Å². The van der Waals surface area contributed by atoms with Crippen LogP contribution < -0.4 is 37.6 Å². The Morgan fingerprint density at radius 3 is 2.02 bits per heavy atom. The van der Waals surface area contributed by atoms with Gasteiger partial charge in [0.1, 0.15) is 24.1 Å². The molecule has 80 heavy (non-hydrogen) atoms. The van der Waals surface area contributed by atoms with Crippen LogP contribution >= 0.6 is 0 Å². The van der Waals surface area contributed by atoms with E-state index in [4.69, 9.17) is 26.4 Å². The third-order valence-corrected chi connectivity index (χ3v) is 12.3. The van der Waals surface area contributed by atoms with Gasteiger partial charge in [0, 0.05) is 74.5 Å². The molecule has 10 N–H and O–H groups in total. The summed E-state index contributed by atoms with van der Waals surface area (Å²) < 4.78 is 63.0. The molecular weight excluding hydrogens is 1060 g/mol. The van der Waals surface area contributed by atoms with Crippen LogP contribution in [0.2, 0.25) is 0 Å². The van der Waals surface area contributed by atoms with Gasteiger partial charge in [0.25, 0.3) is 11.8 Å². The Hall–Kier alpha value is -8.39. The molecular formula is C54H65F5N10O11. The summed E-state index contributed by atoms with van der Waals surface area (Å²) in [5.41, 5.74) is 12.3. The molecule has 1 aliphatic rings. The van der Waals surface area contributed by atoms with Crippen molar-refractivity contribution >= 4 is 64.6 Å². The molecule has 4 aromatic rings. The van der Waals surface area contributed by atoms with Crippen molar-refractivity contribution in [3.8, 4) is 11.3 Å². The first-order valence-electron chi connectivity index (χ1n) is 25.1. The summed E-state index contributed by atoms with van der Waals surface area (Å²) >= 11 is 0. The zero-order chi connectivity index (χ0) is 59.6. The number of ketones is 1. The number of carboxylic acid groups (broad SMARTS) is 1. The average molecular weight is 1130 g/mol. The van der Waals surface area contributed by atoms with Gasteiger partial charge in [-0.1, -0.05) is 65.0 Å². The molecule has 0 bridgehead atoms. The maximum atomic E-state index is 15.1. The number of carbonyl (C=O) groups excluding carboxylic acids is 8. The van der Waals surface area contributed by atoms with Crippen molar-refractivity contribution in [3.63, 3.8) is 0 Å². The third kappa shape index (κ3) is 18.9. The molecule has 432 valence electrons. The highest BCUT2D eigenvalue weighted by molar-refractivity contribution is 6.28. The SMILES string of the molecule is CC(C)[C@H](NC(=O)CCNC(=O)[C@@H](N)CCN(C(=O)CO)[C@@H](c1nc(-c2cc(F)ccc2F)cn1Cc1ccccc1)C(C)(C)C)C(=O)C[C@@H](CCCNC(N)=O)C(=O)Nc1ccc(N2C(=O)C=CC2=O)cc1.O=C(O)C(F)(F)F. The predicted molar refractivity (Wildman–Crippen MR) is 281 cm³/mol. The minimum Gasteiger partial charge on any atom is -0.475 e. The molecule has 3 aromatic carbocycles. The lowest BCUT2D eigenvalue weighted by molar-refractivity contribution is -0.192. The lowest BCUT2D eigenvalue weighted by atomic mass is 9.84. The molecule has 0 saturated heterocycles. The van der Waals surface area contributed by atoms with Crippen molar-refractivity contribution in [3.05, 3.63) is 114 Å². The molecule has 26 heteroatoms. The molecule has 5 rings (SSSR count). The van der Waals surface area contributed by atoms with Gasteiger partial charge in [0.2, 0.25) is 23.6 Å². The summed E-state index contributed by atoms with van der Waals surface area (Å²) in [4.78, 5) is 119. The average Bonchev–Trinajstić information content (AvgIpc) is 4.09. The Balaban J connectivity index is 0.00000184. The van der Waals surface area contributed by atoms with E-state index in [0.717, 1.165) is 40.8 Å². The van der Waals surface area contributed by atoms with E-state index >= 15 is 4.39 Å². The number of halogens is 5. The van der Waals surface area contributed by atoms with E-state index in [2.05, 4.69) is 21.3 Å². The number of carboxylic acids is 1. The summed E-state index contributed by atoms with van der Waals surface area (Å²) in [6.45, 7) is 8.17. The van der Waals surface area contributed by atoms with Crippen molar-refractivity contribution in [2.75, 3.05) is 36.5 Å². The van der Waals surface area contributed by atoms with Crippen LogP contribution in [0.25, 0.3) is 11.3 Å². The maximum absolute atomic E-state index is 15.1. The molecule has 4 atom stereocenters. The van der Waals surface area contributed by atoms with E-state index in [1.807, 2.05) is 51.1 Å². The number of aliphatic hydroxyl groups is 1. The molecule has 0 unspecified atom stereocenters. The number of carbonyl (C=O) groups is 9. The Morgan fingerprint density at radius 1 is 0.838 bits per heavy atom. The molecule has 0 spiro atoms. The normalized spacial score (nSPS) is 13.8. The second-order valence-corrected chi connectivity index (χ2v) is 19.9. The molecule has 0 fully saturated rings. The zero-order valence-corrected chi connectivity index (χ0v) is 44.5. The summed E-state index contributed by atoms with van der Waals surface area (Å²) in [7, 11) is 0. The fraction of sp³-hybridized carbons (Fsp3) is 0.407.